The Kier molecular flexibility index (Phi) is 3.71. The number of aryl methyl sites for hydroxylation is 1. The van der Waals surface area contributed by atoms with Gasteiger partial charge in [-0.1, -0.05) is 6.07 Å². The third-order valence-corrected chi connectivity index (χ3v) is 5.19. The van der Waals surface area contributed by atoms with Crippen LogP contribution in [0.4, 0.5) is 0 Å². The van der Waals surface area contributed by atoms with E-state index >= 15 is 0 Å². The highest BCUT2D eigenvalue weighted by atomic mass is 32.1. The third-order valence-electron chi connectivity index (χ3n) is 4.29. The van der Waals surface area contributed by atoms with Crippen molar-refractivity contribution in [3.63, 3.8) is 0 Å². The minimum absolute atomic E-state index is 0.00272. The zero-order chi connectivity index (χ0) is 15.8. The Bertz CT molecular complexity index is 886. The number of fused-ring (bicyclic) bond motifs is 1. The first-order chi connectivity index (χ1) is 11.2. The fourth-order valence-electron chi connectivity index (χ4n) is 3.27. The molecule has 1 atom stereocenters. The van der Waals surface area contributed by atoms with Gasteiger partial charge in [0.1, 0.15) is 0 Å². The van der Waals surface area contributed by atoms with Crippen molar-refractivity contribution in [3.05, 3.63) is 63.3 Å². The minimum atomic E-state index is 0.00272. The number of rotatable bonds is 3. The molecular formula is C17H18N4OS. The molecule has 0 spiro atoms. The van der Waals surface area contributed by atoms with Gasteiger partial charge in [-0.25, -0.2) is 4.98 Å². The molecule has 0 aromatic carbocycles. The van der Waals surface area contributed by atoms with Crippen molar-refractivity contribution in [1.82, 2.24) is 19.3 Å². The number of thiazole rings is 1. The predicted octanol–water partition coefficient (Wildman–Crippen LogP) is 2.80. The summed E-state index contributed by atoms with van der Waals surface area (Å²) in [5, 5.41) is 0. The van der Waals surface area contributed by atoms with E-state index < -0.39 is 0 Å². The van der Waals surface area contributed by atoms with Gasteiger partial charge in [-0.2, -0.15) is 0 Å². The van der Waals surface area contributed by atoms with Crippen molar-refractivity contribution in [2.45, 2.75) is 32.4 Å². The van der Waals surface area contributed by atoms with Crippen molar-refractivity contribution in [2.24, 2.45) is 0 Å². The average molecular weight is 326 g/mol. The fourth-order valence-corrected chi connectivity index (χ4v) is 4.12. The van der Waals surface area contributed by atoms with E-state index in [1.165, 1.54) is 0 Å². The number of aromatic nitrogens is 3. The highest BCUT2D eigenvalue weighted by Crippen LogP contribution is 2.31. The summed E-state index contributed by atoms with van der Waals surface area (Å²) in [5.74, 6) is 0. The Balaban J connectivity index is 1.63. The minimum Gasteiger partial charge on any atom is -0.289 e. The lowest BCUT2D eigenvalue weighted by molar-refractivity contribution is 0.241. The Hall–Kier alpha value is -2.05. The zero-order valence-electron chi connectivity index (χ0n) is 13.0. The van der Waals surface area contributed by atoms with Crippen LogP contribution in [0.1, 0.15) is 35.1 Å². The Morgan fingerprint density at radius 3 is 3.13 bits per heavy atom. The Morgan fingerprint density at radius 2 is 2.30 bits per heavy atom. The lowest BCUT2D eigenvalue weighted by atomic mass is 10.1. The lowest BCUT2D eigenvalue weighted by Crippen LogP contribution is -2.25. The van der Waals surface area contributed by atoms with Crippen molar-refractivity contribution in [2.75, 3.05) is 6.54 Å². The quantitative estimate of drug-likeness (QED) is 0.743. The first kappa shape index (κ1) is 14.5. The number of pyridine rings is 1. The van der Waals surface area contributed by atoms with Crippen LogP contribution >= 0.6 is 11.3 Å². The van der Waals surface area contributed by atoms with Gasteiger partial charge in [0.15, 0.2) is 4.96 Å². The molecule has 0 aliphatic carbocycles. The molecule has 1 fully saturated rings. The second-order valence-electron chi connectivity index (χ2n) is 5.96. The van der Waals surface area contributed by atoms with Crippen LogP contribution in [0.15, 0.2) is 41.5 Å². The van der Waals surface area contributed by atoms with Gasteiger partial charge in [0.25, 0.3) is 5.56 Å². The maximum atomic E-state index is 12.2. The summed E-state index contributed by atoms with van der Waals surface area (Å²) in [5.41, 5.74) is 1.96. The maximum absolute atomic E-state index is 12.2. The first-order valence-electron chi connectivity index (χ1n) is 7.84. The van der Waals surface area contributed by atoms with Crippen LogP contribution in [0.5, 0.6) is 0 Å². The molecule has 4 rings (SSSR count). The van der Waals surface area contributed by atoms with Gasteiger partial charge in [-0.3, -0.25) is 19.1 Å². The number of nitrogens with zero attached hydrogens (tertiary/aromatic N) is 4. The van der Waals surface area contributed by atoms with Crippen molar-refractivity contribution < 1.29 is 0 Å². The summed E-state index contributed by atoms with van der Waals surface area (Å²) in [6.07, 6.45) is 5.96. The SMILES string of the molecule is Cc1cn2c(=O)cc(CN3CCCC3c3ccccn3)nc2s1. The molecule has 1 unspecified atom stereocenters. The van der Waals surface area contributed by atoms with Crippen LogP contribution in [-0.2, 0) is 6.54 Å². The molecule has 3 aromatic rings. The van der Waals surface area contributed by atoms with Crippen LogP contribution in [0.25, 0.3) is 4.96 Å². The van der Waals surface area contributed by atoms with Gasteiger partial charge in [-0.15, -0.1) is 11.3 Å². The lowest BCUT2D eigenvalue weighted by Gasteiger charge is -2.23. The number of hydrogen-bond donors (Lipinski definition) is 0. The van der Waals surface area contributed by atoms with Gasteiger partial charge in [0.2, 0.25) is 0 Å². The maximum Gasteiger partial charge on any atom is 0.258 e. The summed E-state index contributed by atoms with van der Waals surface area (Å²) in [7, 11) is 0. The standard InChI is InChI=1S/C17H18N4OS/c1-12-10-21-16(22)9-13(19-17(21)23-12)11-20-8-4-6-15(20)14-5-2-3-7-18-14/h2-3,5,7,9-10,15H,4,6,8,11H2,1H3. The van der Waals surface area contributed by atoms with Gasteiger partial charge < -0.3 is 0 Å². The Morgan fingerprint density at radius 1 is 1.39 bits per heavy atom. The van der Waals surface area contributed by atoms with E-state index in [9.17, 15) is 4.79 Å². The van der Waals surface area contributed by atoms with E-state index in [-0.39, 0.29) is 5.56 Å². The fraction of sp³-hybridized carbons (Fsp3) is 0.353. The van der Waals surface area contributed by atoms with Crippen LogP contribution < -0.4 is 5.56 Å². The molecule has 118 valence electrons. The smallest absolute Gasteiger partial charge is 0.258 e. The largest absolute Gasteiger partial charge is 0.289 e. The molecule has 1 aliphatic heterocycles. The van der Waals surface area contributed by atoms with Crippen molar-refractivity contribution in [3.8, 4) is 0 Å². The van der Waals surface area contributed by atoms with Gasteiger partial charge in [0.05, 0.1) is 17.4 Å². The number of likely N-dealkylation sites (tertiary alicyclic amines) is 1. The molecule has 23 heavy (non-hydrogen) atoms. The Labute approximate surface area is 138 Å². The topological polar surface area (TPSA) is 50.5 Å². The molecule has 0 amide bonds. The summed E-state index contributed by atoms with van der Waals surface area (Å²) < 4.78 is 1.63. The van der Waals surface area contributed by atoms with Crippen LogP contribution in [-0.4, -0.2) is 25.8 Å². The van der Waals surface area contributed by atoms with Crippen LogP contribution in [0.2, 0.25) is 0 Å². The second kappa shape index (κ2) is 5.86. The van der Waals surface area contributed by atoms with Crippen molar-refractivity contribution >= 4 is 16.3 Å². The average Bonchev–Trinajstić information content (AvgIpc) is 3.14. The molecule has 1 saturated heterocycles. The number of hydrogen-bond acceptors (Lipinski definition) is 5. The van der Waals surface area contributed by atoms with E-state index in [0.717, 1.165) is 40.6 Å². The molecule has 0 N–H and O–H groups in total. The molecule has 5 nitrogen and oxygen atoms in total. The highest BCUT2D eigenvalue weighted by molar-refractivity contribution is 7.16. The summed E-state index contributed by atoms with van der Waals surface area (Å²) in [6, 6.07) is 8.04. The van der Waals surface area contributed by atoms with E-state index in [2.05, 4.69) is 20.9 Å². The summed E-state index contributed by atoms with van der Waals surface area (Å²) >= 11 is 1.56. The molecule has 0 bridgehead atoms. The second-order valence-corrected chi connectivity index (χ2v) is 7.18. The zero-order valence-corrected chi connectivity index (χ0v) is 13.8. The van der Waals surface area contributed by atoms with E-state index in [4.69, 9.17) is 0 Å². The summed E-state index contributed by atoms with van der Waals surface area (Å²) in [4.78, 5) is 25.7. The van der Waals surface area contributed by atoms with E-state index in [1.807, 2.05) is 31.5 Å². The van der Waals surface area contributed by atoms with Gasteiger partial charge in [0, 0.05) is 29.9 Å². The first-order valence-corrected chi connectivity index (χ1v) is 8.66. The normalized spacial score (nSPS) is 18.7. The van der Waals surface area contributed by atoms with Gasteiger partial charge >= 0.3 is 0 Å². The van der Waals surface area contributed by atoms with Gasteiger partial charge in [-0.05, 0) is 38.4 Å². The van der Waals surface area contributed by atoms with Crippen molar-refractivity contribution in [1.29, 1.82) is 0 Å². The summed E-state index contributed by atoms with van der Waals surface area (Å²) in [6.45, 7) is 3.71. The molecule has 3 aromatic heterocycles. The monoisotopic (exact) mass is 326 g/mol. The highest BCUT2D eigenvalue weighted by Gasteiger charge is 2.27. The molecule has 0 radical (unpaired) electrons. The van der Waals surface area contributed by atoms with E-state index in [1.54, 1.807) is 21.8 Å². The molecular weight excluding hydrogens is 308 g/mol. The molecule has 4 heterocycles. The van der Waals surface area contributed by atoms with E-state index in [0.29, 0.717) is 12.6 Å². The molecule has 6 heteroatoms. The van der Waals surface area contributed by atoms with Crippen LogP contribution in [0, 0.1) is 6.92 Å². The van der Waals surface area contributed by atoms with Crippen LogP contribution in [0.3, 0.4) is 0 Å². The molecule has 1 aliphatic rings. The molecule has 0 saturated carbocycles. The third kappa shape index (κ3) is 2.80. The predicted molar refractivity (Wildman–Crippen MR) is 90.7 cm³/mol.